The van der Waals surface area contributed by atoms with Gasteiger partial charge in [-0.25, -0.2) is 0 Å². The van der Waals surface area contributed by atoms with Crippen LogP contribution in [0, 0.1) is 5.92 Å². The zero-order valence-corrected chi connectivity index (χ0v) is 11.6. The van der Waals surface area contributed by atoms with Crippen molar-refractivity contribution in [3.8, 4) is 0 Å². The Balaban J connectivity index is 2.23. The van der Waals surface area contributed by atoms with Crippen molar-refractivity contribution in [3.05, 3.63) is 26.1 Å². The van der Waals surface area contributed by atoms with E-state index in [1.54, 1.807) is 12.1 Å². The van der Waals surface area contributed by atoms with E-state index in [2.05, 4.69) is 37.2 Å². The Morgan fingerprint density at radius 2 is 1.87 bits per heavy atom. The smallest absolute Gasteiger partial charge is 0.227 e. The molecule has 0 spiro atoms. The molecule has 0 bridgehead atoms. The van der Waals surface area contributed by atoms with Crippen molar-refractivity contribution in [2.24, 2.45) is 5.92 Å². The van der Waals surface area contributed by atoms with Crippen LogP contribution in [-0.2, 0) is 4.79 Å². The Morgan fingerprint density at radius 1 is 1.33 bits per heavy atom. The second-order valence-electron chi connectivity index (χ2n) is 3.51. The van der Waals surface area contributed by atoms with Crippen LogP contribution >= 0.6 is 43.5 Å². The van der Waals surface area contributed by atoms with E-state index < -0.39 is 0 Å². The number of anilines is 1. The monoisotopic (exact) mass is 351 g/mol. The van der Waals surface area contributed by atoms with Crippen LogP contribution in [0.2, 0.25) is 5.02 Å². The Hall–Kier alpha value is -0.0600. The number of hydrogen-bond donors (Lipinski definition) is 1. The molecular weight excluding hydrogens is 345 g/mol. The van der Waals surface area contributed by atoms with E-state index in [1.807, 2.05) is 0 Å². The third kappa shape index (κ3) is 2.74. The van der Waals surface area contributed by atoms with Crippen molar-refractivity contribution in [1.82, 2.24) is 0 Å². The highest BCUT2D eigenvalue weighted by Crippen LogP contribution is 2.36. The van der Waals surface area contributed by atoms with E-state index in [4.69, 9.17) is 11.6 Å². The molecule has 0 unspecified atom stereocenters. The molecule has 1 aliphatic rings. The van der Waals surface area contributed by atoms with E-state index in [-0.39, 0.29) is 11.8 Å². The first-order valence-electron chi connectivity index (χ1n) is 4.53. The lowest BCUT2D eigenvalue weighted by molar-refractivity contribution is -0.117. The van der Waals surface area contributed by atoms with Crippen LogP contribution in [0.5, 0.6) is 0 Å². The lowest BCUT2D eigenvalue weighted by atomic mass is 10.3. The second kappa shape index (κ2) is 4.44. The largest absolute Gasteiger partial charge is 0.324 e. The van der Waals surface area contributed by atoms with E-state index in [9.17, 15) is 4.79 Å². The first-order chi connectivity index (χ1) is 7.08. The van der Waals surface area contributed by atoms with E-state index in [0.717, 1.165) is 27.5 Å². The predicted octanol–water partition coefficient (Wildman–Crippen LogP) is 4.21. The topological polar surface area (TPSA) is 29.1 Å². The molecule has 80 valence electrons. The highest BCUT2D eigenvalue weighted by atomic mass is 79.9. The number of hydrogen-bond acceptors (Lipinski definition) is 1. The molecular formula is C10H8Br2ClNO. The van der Waals surface area contributed by atoms with Crippen LogP contribution < -0.4 is 5.32 Å². The molecule has 1 aliphatic carbocycles. The zero-order valence-electron chi connectivity index (χ0n) is 7.69. The SMILES string of the molecule is O=C(Nc1c(Br)cc(Cl)cc1Br)C1CC1. The van der Waals surface area contributed by atoms with Gasteiger partial charge in [-0.15, -0.1) is 0 Å². The third-order valence-corrected chi connectivity index (χ3v) is 3.67. The Kier molecular flexibility index (Phi) is 3.38. The summed E-state index contributed by atoms with van der Waals surface area (Å²) in [6.45, 7) is 0. The Bertz CT molecular complexity index is 395. The van der Waals surface area contributed by atoms with Crippen LogP contribution in [0.15, 0.2) is 21.1 Å². The molecule has 1 amide bonds. The van der Waals surface area contributed by atoms with Gasteiger partial charge in [-0.1, -0.05) is 11.6 Å². The number of halogens is 3. The molecule has 2 rings (SSSR count). The summed E-state index contributed by atoms with van der Waals surface area (Å²) < 4.78 is 1.58. The number of nitrogens with one attached hydrogen (secondary N) is 1. The molecule has 1 fully saturated rings. The first-order valence-corrected chi connectivity index (χ1v) is 6.49. The van der Waals surface area contributed by atoms with Gasteiger partial charge in [0.25, 0.3) is 0 Å². The van der Waals surface area contributed by atoms with Crippen molar-refractivity contribution >= 4 is 55.1 Å². The molecule has 15 heavy (non-hydrogen) atoms. The van der Waals surface area contributed by atoms with E-state index in [0.29, 0.717) is 5.02 Å². The molecule has 1 N–H and O–H groups in total. The normalized spacial score (nSPS) is 15.1. The van der Waals surface area contributed by atoms with Gasteiger partial charge in [-0.2, -0.15) is 0 Å². The fourth-order valence-corrected chi connectivity index (χ4v) is 3.10. The van der Waals surface area contributed by atoms with Gasteiger partial charge in [0.15, 0.2) is 0 Å². The number of amides is 1. The summed E-state index contributed by atoms with van der Waals surface area (Å²) in [4.78, 5) is 11.6. The minimum Gasteiger partial charge on any atom is -0.324 e. The standard InChI is InChI=1S/C10H8Br2ClNO/c11-7-3-6(13)4-8(12)9(7)14-10(15)5-1-2-5/h3-5H,1-2H2,(H,14,15). The molecule has 0 aromatic heterocycles. The van der Waals surface area contributed by atoms with Gasteiger partial charge < -0.3 is 5.32 Å². The summed E-state index contributed by atoms with van der Waals surface area (Å²) in [5.74, 6) is 0.276. The average Bonchev–Trinajstić information content (AvgIpc) is 2.93. The van der Waals surface area contributed by atoms with Gasteiger partial charge in [0, 0.05) is 19.9 Å². The summed E-state index contributed by atoms with van der Waals surface area (Å²) >= 11 is 12.6. The van der Waals surface area contributed by atoms with Gasteiger partial charge in [0.05, 0.1) is 5.69 Å². The average molecular weight is 353 g/mol. The second-order valence-corrected chi connectivity index (χ2v) is 5.65. The highest BCUT2D eigenvalue weighted by Gasteiger charge is 2.30. The maximum atomic E-state index is 11.6. The van der Waals surface area contributed by atoms with Crippen molar-refractivity contribution in [2.45, 2.75) is 12.8 Å². The van der Waals surface area contributed by atoms with Crippen molar-refractivity contribution in [3.63, 3.8) is 0 Å². The van der Waals surface area contributed by atoms with Crippen molar-refractivity contribution in [1.29, 1.82) is 0 Å². The minimum absolute atomic E-state index is 0.0822. The van der Waals surface area contributed by atoms with Gasteiger partial charge >= 0.3 is 0 Å². The quantitative estimate of drug-likeness (QED) is 0.848. The molecule has 0 saturated heterocycles. The predicted molar refractivity (Wildman–Crippen MR) is 68.2 cm³/mol. The van der Waals surface area contributed by atoms with Crippen molar-refractivity contribution in [2.75, 3.05) is 5.32 Å². The number of benzene rings is 1. The zero-order chi connectivity index (χ0) is 11.0. The fraction of sp³-hybridized carbons (Fsp3) is 0.300. The molecule has 1 aromatic rings. The summed E-state index contributed by atoms with van der Waals surface area (Å²) in [6, 6.07) is 3.52. The van der Waals surface area contributed by atoms with Crippen LogP contribution in [0.3, 0.4) is 0 Å². The first kappa shape index (κ1) is 11.4. The van der Waals surface area contributed by atoms with E-state index in [1.165, 1.54) is 0 Å². The molecule has 1 saturated carbocycles. The highest BCUT2D eigenvalue weighted by molar-refractivity contribution is 9.11. The van der Waals surface area contributed by atoms with Gasteiger partial charge in [0.1, 0.15) is 0 Å². The van der Waals surface area contributed by atoms with Crippen LogP contribution in [0.1, 0.15) is 12.8 Å². The van der Waals surface area contributed by atoms with Crippen LogP contribution in [0.25, 0.3) is 0 Å². The number of rotatable bonds is 2. The Labute approximate surface area is 110 Å². The molecule has 5 heteroatoms. The number of carbonyl (C=O) groups excluding carboxylic acids is 1. The maximum absolute atomic E-state index is 11.6. The third-order valence-electron chi connectivity index (χ3n) is 2.20. The fourth-order valence-electron chi connectivity index (χ4n) is 1.23. The van der Waals surface area contributed by atoms with Gasteiger partial charge in [-0.05, 0) is 56.8 Å². The van der Waals surface area contributed by atoms with Crippen LogP contribution in [0.4, 0.5) is 5.69 Å². The summed E-state index contributed by atoms with van der Waals surface area (Å²) in [5, 5.41) is 3.50. The summed E-state index contributed by atoms with van der Waals surface area (Å²) in [5.41, 5.74) is 0.747. The van der Waals surface area contributed by atoms with Crippen molar-refractivity contribution < 1.29 is 4.79 Å². The number of carbonyl (C=O) groups is 1. The molecule has 0 radical (unpaired) electrons. The van der Waals surface area contributed by atoms with E-state index >= 15 is 0 Å². The maximum Gasteiger partial charge on any atom is 0.227 e. The molecule has 2 nitrogen and oxygen atoms in total. The Morgan fingerprint density at radius 3 is 2.33 bits per heavy atom. The molecule has 0 atom stereocenters. The molecule has 1 aromatic carbocycles. The molecule has 0 aliphatic heterocycles. The minimum atomic E-state index is 0.0822. The summed E-state index contributed by atoms with van der Waals surface area (Å²) in [7, 11) is 0. The lowest BCUT2D eigenvalue weighted by Crippen LogP contribution is -2.14. The van der Waals surface area contributed by atoms with Gasteiger partial charge in [0.2, 0.25) is 5.91 Å². The van der Waals surface area contributed by atoms with Gasteiger partial charge in [-0.3, -0.25) is 4.79 Å². The molecule has 0 heterocycles. The summed E-state index contributed by atoms with van der Waals surface area (Å²) in [6.07, 6.45) is 1.99. The van der Waals surface area contributed by atoms with Crippen LogP contribution in [-0.4, -0.2) is 5.91 Å². The lowest BCUT2D eigenvalue weighted by Gasteiger charge is -2.09.